The number of fused-ring (bicyclic) bond motifs is 1. The molecule has 1 N–H and O–H groups in total. The first kappa shape index (κ1) is 20.6. The number of rotatable bonds is 5. The Balaban J connectivity index is 2.26. The number of nitrogens with one attached hydrogen (secondary N) is 1. The first-order valence-corrected chi connectivity index (χ1v) is 10.7. The van der Waals surface area contributed by atoms with Gasteiger partial charge in [-0.2, -0.15) is 0 Å². The van der Waals surface area contributed by atoms with E-state index in [2.05, 4.69) is 21.2 Å². The maximum Gasteiger partial charge on any atom is 0.336 e. The van der Waals surface area contributed by atoms with Crippen LogP contribution in [-0.4, -0.2) is 25.2 Å². The molecule has 5 nitrogen and oxygen atoms in total. The fraction of sp³-hybridized carbons (Fsp3) is 0.333. The third-order valence-electron chi connectivity index (χ3n) is 4.57. The summed E-state index contributed by atoms with van der Waals surface area (Å²) in [4.78, 5) is 26.6. The average Bonchev–Trinajstić information content (AvgIpc) is 2.98. The van der Waals surface area contributed by atoms with Crippen molar-refractivity contribution in [1.29, 1.82) is 0 Å². The van der Waals surface area contributed by atoms with E-state index in [0.717, 1.165) is 19.4 Å². The van der Waals surface area contributed by atoms with Crippen molar-refractivity contribution in [3.63, 3.8) is 0 Å². The number of ether oxygens (including phenoxy) is 2. The standard InChI is InChI=1S/C21H22BrNO4S/c1-5-26-20(24)15-11(3)23-12(4)16(21(25)27-6-2)17(15)19-18(22)13-9-7-8-10-14(13)28-19/h7-10,17,23H,5-6H2,1-4H3. The molecule has 148 valence electrons. The van der Waals surface area contributed by atoms with Crippen LogP contribution in [0.1, 0.15) is 38.5 Å². The summed E-state index contributed by atoms with van der Waals surface area (Å²) in [7, 11) is 0. The van der Waals surface area contributed by atoms with Crippen LogP contribution in [0.25, 0.3) is 10.1 Å². The van der Waals surface area contributed by atoms with Gasteiger partial charge in [0.15, 0.2) is 0 Å². The Morgan fingerprint density at radius 2 is 1.57 bits per heavy atom. The molecule has 1 aliphatic rings. The van der Waals surface area contributed by atoms with Crippen LogP contribution >= 0.6 is 27.3 Å². The number of allylic oxidation sites excluding steroid dienone is 2. The molecule has 0 fully saturated rings. The van der Waals surface area contributed by atoms with Crippen molar-refractivity contribution >= 4 is 49.3 Å². The van der Waals surface area contributed by atoms with Gasteiger partial charge in [-0.25, -0.2) is 9.59 Å². The molecule has 0 saturated carbocycles. The predicted octanol–water partition coefficient (Wildman–Crippen LogP) is 5.02. The molecular formula is C21H22BrNO4S. The van der Waals surface area contributed by atoms with E-state index in [9.17, 15) is 9.59 Å². The maximum atomic E-state index is 12.8. The molecule has 2 aromatic rings. The molecule has 0 radical (unpaired) electrons. The summed E-state index contributed by atoms with van der Waals surface area (Å²) in [6, 6.07) is 7.98. The van der Waals surface area contributed by atoms with E-state index in [1.54, 1.807) is 25.2 Å². The number of esters is 2. The molecule has 3 rings (SSSR count). The van der Waals surface area contributed by atoms with E-state index in [4.69, 9.17) is 9.47 Å². The molecular weight excluding hydrogens is 442 g/mol. The molecule has 0 aliphatic carbocycles. The van der Waals surface area contributed by atoms with Gasteiger partial charge in [0.25, 0.3) is 0 Å². The van der Waals surface area contributed by atoms with Gasteiger partial charge in [0.2, 0.25) is 0 Å². The molecule has 1 aliphatic heterocycles. The van der Waals surface area contributed by atoms with Crippen LogP contribution in [0, 0.1) is 0 Å². The highest BCUT2D eigenvalue weighted by atomic mass is 79.9. The van der Waals surface area contributed by atoms with Gasteiger partial charge in [-0.05, 0) is 49.7 Å². The molecule has 0 unspecified atom stereocenters. The quantitative estimate of drug-likeness (QED) is 0.630. The van der Waals surface area contributed by atoms with Crippen LogP contribution in [0.3, 0.4) is 0 Å². The van der Waals surface area contributed by atoms with Gasteiger partial charge in [-0.3, -0.25) is 0 Å². The van der Waals surface area contributed by atoms with E-state index < -0.39 is 17.9 Å². The van der Waals surface area contributed by atoms with Gasteiger partial charge in [0, 0.05) is 30.8 Å². The van der Waals surface area contributed by atoms with Crippen molar-refractivity contribution in [2.75, 3.05) is 13.2 Å². The Labute approximate surface area is 176 Å². The first-order chi connectivity index (χ1) is 13.4. The Morgan fingerprint density at radius 3 is 2.07 bits per heavy atom. The molecule has 0 saturated heterocycles. The minimum Gasteiger partial charge on any atom is -0.463 e. The molecule has 7 heteroatoms. The van der Waals surface area contributed by atoms with E-state index in [1.807, 2.05) is 38.1 Å². The lowest BCUT2D eigenvalue weighted by Crippen LogP contribution is -2.32. The molecule has 0 bridgehead atoms. The maximum absolute atomic E-state index is 12.8. The molecule has 28 heavy (non-hydrogen) atoms. The second-order valence-corrected chi connectivity index (χ2v) is 8.23. The second-order valence-electron chi connectivity index (χ2n) is 6.35. The number of benzene rings is 1. The van der Waals surface area contributed by atoms with Gasteiger partial charge in [0.05, 0.1) is 30.3 Å². The highest BCUT2D eigenvalue weighted by molar-refractivity contribution is 9.10. The SMILES string of the molecule is CCOC(=O)C1=C(C)NC(C)=C(C(=O)OCC)C1c1sc2ccccc2c1Br. The van der Waals surface area contributed by atoms with E-state index >= 15 is 0 Å². The van der Waals surface area contributed by atoms with Gasteiger partial charge in [-0.15, -0.1) is 11.3 Å². The third kappa shape index (κ3) is 3.61. The van der Waals surface area contributed by atoms with E-state index in [1.165, 1.54) is 0 Å². The van der Waals surface area contributed by atoms with Crippen molar-refractivity contribution in [3.8, 4) is 0 Å². The number of carbonyl (C=O) groups excluding carboxylic acids is 2. The van der Waals surface area contributed by atoms with Crippen LogP contribution in [-0.2, 0) is 19.1 Å². The average molecular weight is 464 g/mol. The van der Waals surface area contributed by atoms with Crippen molar-refractivity contribution in [3.05, 3.63) is 56.2 Å². The normalized spacial score (nSPS) is 15.0. The monoisotopic (exact) mass is 463 g/mol. The largest absolute Gasteiger partial charge is 0.463 e. The fourth-order valence-electron chi connectivity index (χ4n) is 3.43. The third-order valence-corrected chi connectivity index (χ3v) is 6.93. The number of thiophene rings is 1. The second kappa shape index (κ2) is 8.49. The van der Waals surface area contributed by atoms with E-state index in [0.29, 0.717) is 22.5 Å². The minimum atomic E-state index is -0.564. The van der Waals surface area contributed by atoms with Gasteiger partial charge >= 0.3 is 11.9 Å². The lowest BCUT2D eigenvalue weighted by molar-refractivity contribution is -0.139. The highest BCUT2D eigenvalue weighted by Gasteiger charge is 2.40. The Morgan fingerprint density at radius 1 is 1.04 bits per heavy atom. The lowest BCUT2D eigenvalue weighted by atomic mass is 9.84. The topological polar surface area (TPSA) is 64.6 Å². The van der Waals surface area contributed by atoms with Gasteiger partial charge < -0.3 is 14.8 Å². The number of hydrogen-bond acceptors (Lipinski definition) is 6. The van der Waals surface area contributed by atoms with Crippen LogP contribution in [0.5, 0.6) is 0 Å². The summed E-state index contributed by atoms with van der Waals surface area (Å²) in [6.07, 6.45) is 0. The minimum absolute atomic E-state index is 0.257. The van der Waals surface area contributed by atoms with Crippen LogP contribution in [0.15, 0.2) is 51.3 Å². The highest BCUT2D eigenvalue weighted by Crippen LogP contribution is 2.48. The first-order valence-electron chi connectivity index (χ1n) is 9.10. The zero-order chi connectivity index (χ0) is 20.4. The van der Waals surface area contributed by atoms with Crippen molar-refractivity contribution in [2.24, 2.45) is 0 Å². The molecule has 0 atom stereocenters. The van der Waals surface area contributed by atoms with Gasteiger partial charge in [0.1, 0.15) is 0 Å². The molecule has 0 amide bonds. The summed E-state index contributed by atoms with van der Waals surface area (Å²) in [5, 5.41) is 4.20. The predicted molar refractivity (Wildman–Crippen MR) is 114 cm³/mol. The smallest absolute Gasteiger partial charge is 0.336 e. The summed E-state index contributed by atoms with van der Waals surface area (Å²) in [6.45, 7) is 7.70. The zero-order valence-electron chi connectivity index (χ0n) is 16.2. The zero-order valence-corrected chi connectivity index (χ0v) is 18.6. The van der Waals surface area contributed by atoms with E-state index in [-0.39, 0.29) is 13.2 Å². The summed E-state index contributed by atoms with van der Waals surface area (Å²) in [5.41, 5.74) is 2.22. The van der Waals surface area contributed by atoms with Crippen molar-refractivity contribution in [1.82, 2.24) is 5.32 Å². The van der Waals surface area contributed by atoms with Gasteiger partial charge in [-0.1, -0.05) is 18.2 Å². The summed E-state index contributed by atoms with van der Waals surface area (Å²) < 4.78 is 12.6. The van der Waals surface area contributed by atoms with Crippen LogP contribution in [0.4, 0.5) is 0 Å². The molecule has 1 aromatic heterocycles. The van der Waals surface area contributed by atoms with Crippen LogP contribution < -0.4 is 5.32 Å². The van der Waals surface area contributed by atoms with Crippen LogP contribution in [0.2, 0.25) is 0 Å². The number of carbonyl (C=O) groups is 2. The molecule has 2 heterocycles. The molecule has 1 aromatic carbocycles. The Hall–Kier alpha value is -2.12. The molecule has 0 spiro atoms. The Kier molecular flexibility index (Phi) is 6.25. The van der Waals surface area contributed by atoms with Crippen molar-refractivity contribution in [2.45, 2.75) is 33.6 Å². The summed E-state index contributed by atoms with van der Waals surface area (Å²) >= 11 is 5.25. The lowest BCUT2D eigenvalue weighted by Gasteiger charge is -2.29. The number of halogens is 1. The Bertz CT molecular complexity index is 965. The number of hydrogen-bond donors (Lipinski definition) is 1. The fourth-order valence-corrected chi connectivity index (χ4v) is 5.60. The number of dihydropyridines is 1. The summed E-state index contributed by atoms with van der Waals surface area (Å²) in [5.74, 6) is -1.43. The van der Waals surface area contributed by atoms with Crippen molar-refractivity contribution < 1.29 is 19.1 Å².